The number of carboxylic acid groups (broad SMARTS) is 1. The Hall–Kier alpha value is -3.48. The largest absolute Gasteiger partial charge is 0.771 e. The van der Waals surface area contributed by atoms with E-state index in [1.54, 1.807) is 36.4 Å². The van der Waals surface area contributed by atoms with E-state index in [-0.39, 0.29) is 27.4 Å². The molecule has 0 aliphatic rings. The van der Waals surface area contributed by atoms with Gasteiger partial charge in [-0.3, -0.25) is 14.0 Å². The summed E-state index contributed by atoms with van der Waals surface area (Å²) < 4.78 is 56.0. The highest BCUT2D eigenvalue weighted by Gasteiger charge is 2.30. The second-order valence-electron chi connectivity index (χ2n) is 7.09. The van der Waals surface area contributed by atoms with Crippen LogP contribution >= 0.6 is 0 Å². The topological polar surface area (TPSA) is 151 Å². The molecule has 1 unspecified atom stereocenters. The van der Waals surface area contributed by atoms with Crippen LogP contribution in [-0.4, -0.2) is 43.7 Å². The second-order valence-corrected chi connectivity index (χ2v) is 9.47. The summed E-state index contributed by atoms with van der Waals surface area (Å²) in [4.78, 5) is 15.4. The molecule has 0 saturated carbocycles. The van der Waals surface area contributed by atoms with Gasteiger partial charge in [-0.05, 0) is 42.3 Å². The van der Waals surface area contributed by atoms with Crippen molar-refractivity contribution in [2.75, 3.05) is 11.2 Å². The van der Waals surface area contributed by atoms with Gasteiger partial charge in [-0.2, -0.15) is 8.42 Å². The molecular formula is C21H18N3O7S2-. The smallest absolute Gasteiger partial charge is 0.341 e. The number of hydrogen-bond acceptors (Lipinski definition) is 8. The second kappa shape index (κ2) is 8.81. The van der Waals surface area contributed by atoms with Gasteiger partial charge in [0, 0.05) is 28.4 Å². The Bertz CT molecular complexity index is 1510. The summed E-state index contributed by atoms with van der Waals surface area (Å²) in [6.07, 6.45) is 1.51. The van der Waals surface area contributed by atoms with Gasteiger partial charge in [0.1, 0.15) is 17.0 Å². The molecule has 0 radical (unpaired) electrons. The van der Waals surface area contributed by atoms with Gasteiger partial charge >= 0.3 is 16.1 Å². The van der Waals surface area contributed by atoms with E-state index in [0.717, 1.165) is 0 Å². The summed E-state index contributed by atoms with van der Waals surface area (Å²) in [6, 6.07) is 13.0. The lowest BCUT2D eigenvalue weighted by Crippen LogP contribution is -2.14. The van der Waals surface area contributed by atoms with Crippen molar-refractivity contribution < 1.29 is 31.3 Å². The number of nitrogens with zero attached hydrogens (tertiary/aromatic N) is 2. The molecule has 0 bridgehead atoms. The van der Waals surface area contributed by atoms with E-state index in [4.69, 9.17) is 4.18 Å². The van der Waals surface area contributed by atoms with E-state index in [0.29, 0.717) is 16.4 Å². The molecule has 0 amide bonds. The predicted octanol–water partition coefficient (Wildman–Crippen LogP) is 2.60. The number of anilines is 1. The average molecular weight is 489 g/mol. The maximum absolute atomic E-state index is 13.5. The highest BCUT2D eigenvalue weighted by Crippen LogP contribution is 2.37. The number of aliphatic carboxylic acids is 1. The standard InChI is InChI=1S/C21H19N3O7S2/c1-13-21(33(29,30)31-17-9-2-5-14-6-4-10-22-20(14)17)19-15(23-12-32(27)28)7-3-8-16(19)24(13)11-18(25)26/h2-10,23H,11-12H2,1H3,(H,25,26)(H,27,28)/p-1. The van der Waals surface area contributed by atoms with Crippen LogP contribution in [0.4, 0.5) is 5.69 Å². The highest BCUT2D eigenvalue weighted by atomic mass is 32.2. The molecule has 4 aromatic rings. The Labute approximate surface area is 191 Å². The van der Waals surface area contributed by atoms with Crippen molar-refractivity contribution in [1.29, 1.82) is 0 Å². The zero-order valence-electron chi connectivity index (χ0n) is 17.2. The minimum atomic E-state index is -4.49. The maximum atomic E-state index is 13.5. The van der Waals surface area contributed by atoms with Crippen LogP contribution in [0.3, 0.4) is 0 Å². The molecule has 0 saturated heterocycles. The van der Waals surface area contributed by atoms with E-state index in [9.17, 15) is 27.1 Å². The molecule has 0 aliphatic carbocycles. The number of para-hydroxylation sites is 1. The molecule has 2 aromatic heterocycles. The third-order valence-corrected chi connectivity index (χ3v) is 6.79. The lowest BCUT2D eigenvalue weighted by molar-refractivity contribution is -0.137. The molecule has 2 N–H and O–H groups in total. The minimum Gasteiger partial charge on any atom is -0.771 e. The van der Waals surface area contributed by atoms with E-state index < -0.39 is 39.6 Å². The van der Waals surface area contributed by atoms with Crippen LogP contribution in [0.25, 0.3) is 21.8 Å². The lowest BCUT2D eigenvalue weighted by atomic mass is 10.2. The first kappa shape index (κ1) is 22.7. The first-order valence-corrected chi connectivity index (χ1v) is 12.3. The molecular weight excluding hydrogens is 470 g/mol. The van der Waals surface area contributed by atoms with Gasteiger partial charge < -0.3 is 23.7 Å². The Balaban J connectivity index is 1.93. The first-order valence-electron chi connectivity index (χ1n) is 9.60. The summed E-state index contributed by atoms with van der Waals surface area (Å²) in [5, 5.41) is 12.8. The number of pyridine rings is 1. The molecule has 0 aliphatic heterocycles. The van der Waals surface area contributed by atoms with Crippen molar-refractivity contribution >= 4 is 54.7 Å². The van der Waals surface area contributed by atoms with Gasteiger partial charge in [0.25, 0.3) is 0 Å². The third kappa shape index (κ3) is 4.40. The van der Waals surface area contributed by atoms with Gasteiger partial charge in [-0.15, -0.1) is 0 Å². The minimum absolute atomic E-state index is 0.0118. The van der Waals surface area contributed by atoms with Crippen LogP contribution in [-0.2, 0) is 32.5 Å². The molecule has 33 heavy (non-hydrogen) atoms. The predicted molar refractivity (Wildman–Crippen MR) is 121 cm³/mol. The zero-order valence-corrected chi connectivity index (χ0v) is 18.9. The number of aromatic nitrogens is 2. The molecule has 1 atom stereocenters. The van der Waals surface area contributed by atoms with Crippen LogP contribution in [0.15, 0.2) is 59.6 Å². The number of rotatable bonds is 8. The maximum Gasteiger partial charge on any atom is 0.341 e. The summed E-state index contributed by atoms with van der Waals surface area (Å²) in [5.41, 5.74) is 0.991. The molecule has 2 heterocycles. The number of carbonyl (C=O) groups is 1. The first-order chi connectivity index (χ1) is 15.7. The number of nitrogens with one attached hydrogen (secondary N) is 1. The molecule has 2 aromatic carbocycles. The van der Waals surface area contributed by atoms with Gasteiger partial charge in [-0.1, -0.05) is 24.3 Å². The average Bonchev–Trinajstić information content (AvgIpc) is 3.04. The van der Waals surface area contributed by atoms with Crippen LogP contribution in [0.1, 0.15) is 5.69 Å². The molecule has 12 heteroatoms. The normalized spacial score (nSPS) is 12.7. The SMILES string of the molecule is Cc1c(S(=O)(=O)Oc2cccc3cccnc23)c2c(NCS(=O)[O-])cccc2n1CC(=O)O. The molecule has 0 fully saturated rings. The monoisotopic (exact) mass is 488 g/mol. The highest BCUT2D eigenvalue weighted by molar-refractivity contribution is 7.87. The summed E-state index contributed by atoms with van der Waals surface area (Å²) in [7, 11) is -4.49. The molecule has 172 valence electrons. The van der Waals surface area contributed by atoms with Gasteiger partial charge in [0.15, 0.2) is 5.75 Å². The van der Waals surface area contributed by atoms with Gasteiger partial charge in [-0.25, -0.2) is 0 Å². The molecule has 10 nitrogen and oxygen atoms in total. The fourth-order valence-electron chi connectivity index (χ4n) is 3.72. The summed E-state index contributed by atoms with van der Waals surface area (Å²) in [6.45, 7) is 0.973. The van der Waals surface area contributed by atoms with E-state index in [2.05, 4.69) is 10.3 Å². The number of benzene rings is 2. The van der Waals surface area contributed by atoms with Crippen LogP contribution in [0, 0.1) is 6.92 Å². The fraction of sp³-hybridized carbons (Fsp3) is 0.143. The van der Waals surface area contributed by atoms with E-state index >= 15 is 0 Å². The van der Waals surface area contributed by atoms with Crippen LogP contribution in [0.2, 0.25) is 0 Å². The Morgan fingerprint density at radius 2 is 1.94 bits per heavy atom. The molecule has 0 spiro atoms. The quantitative estimate of drug-likeness (QED) is 0.282. The number of hydrogen-bond donors (Lipinski definition) is 2. The summed E-state index contributed by atoms with van der Waals surface area (Å²) >= 11 is -2.44. The number of fused-ring (bicyclic) bond motifs is 2. The zero-order chi connectivity index (χ0) is 23.8. The van der Waals surface area contributed by atoms with E-state index in [1.165, 1.54) is 29.8 Å². The van der Waals surface area contributed by atoms with Crippen molar-refractivity contribution in [2.24, 2.45) is 0 Å². The van der Waals surface area contributed by atoms with Gasteiger partial charge in [0.2, 0.25) is 0 Å². The Kier molecular flexibility index (Phi) is 6.06. The lowest BCUT2D eigenvalue weighted by Gasteiger charge is -2.12. The number of carboxylic acids is 1. The summed E-state index contributed by atoms with van der Waals surface area (Å²) in [5.74, 6) is -1.62. The van der Waals surface area contributed by atoms with Crippen molar-refractivity contribution in [3.05, 3.63) is 60.4 Å². The van der Waals surface area contributed by atoms with Crippen molar-refractivity contribution in [3.8, 4) is 5.75 Å². The molecule has 4 rings (SSSR count). The van der Waals surface area contributed by atoms with Crippen molar-refractivity contribution in [1.82, 2.24) is 9.55 Å². The van der Waals surface area contributed by atoms with Crippen LogP contribution < -0.4 is 9.50 Å². The Morgan fingerprint density at radius 3 is 2.67 bits per heavy atom. The van der Waals surface area contributed by atoms with E-state index in [1.807, 2.05) is 0 Å². The van der Waals surface area contributed by atoms with Gasteiger partial charge in [0.05, 0.1) is 11.4 Å². The van der Waals surface area contributed by atoms with Crippen LogP contribution in [0.5, 0.6) is 5.75 Å². The van der Waals surface area contributed by atoms with Crippen molar-refractivity contribution in [2.45, 2.75) is 18.4 Å². The Morgan fingerprint density at radius 1 is 1.21 bits per heavy atom. The van der Waals surface area contributed by atoms with Crippen molar-refractivity contribution in [3.63, 3.8) is 0 Å². The fourth-order valence-corrected chi connectivity index (χ4v) is 5.38. The third-order valence-electron chi connectivity index (χ3n) is 5.01.